The second-order valence-corrected chi connectivity index (χ2v) is 8.53. The highest BCUT2D eigenvalue weighted by Crippen LogP contribution is 2.42. The van der Waals surface area contributed by atoms with Gasteiger partial charge in [0.05, 0.1) is 6.04 Å². The Morgan fingerprint density at radius 2 is 1.64 bits per heavy atom. The summed E-state index contributed by atoms with van der Waals surface area (Å²) in [7, 11) is 0. The van der Waals surface area contributed by atoms with Crippen LogP contribution in [-0.4, -0.2) is 34.1 Å². The maximum Gasteiger partial charge on any atom is 0.258 e. The minimum Gasteiger partial charge on any atom is -0.346 e. The number of nitrogens with zero attached hydrogens (tertiary/aromatic N) is 1. The van der Waals surface area contributed by atoms with Crippen LogP contribution in [0.5, 0.6) is 0 Å². The third-order valence-electron chi connectivity index (χ3n) is 4.94. The van der Waals surface area contributed by atoms with E-state index in [1.165, 1.54) is 4.90 Å². The minimum atomic E-state index is -1.27. The molecule has 0 radical (unpaired) electrons. The van der Waals surface area contributed by atoms with Gasteiger partial charge in [0, 0.05) is 5.88 Å². The molecule has 2 aromatic rings. The number of ether oxygens (including phenoxy) is 1. The standard InChI is InChI=1S/C21H21Cl3FNO2/c1-21(2)26(20(27)19(23)24)17(12-25)18(28-21)16-9-7-15(8-10-16)14-5-3-13(11-22)4-6-14/h3-10,17-19H,11-12H2,1-2H3. The first kappa shape index (κ1) is 21.4. The van der Waals surface area contributed by atoms with Crippen LogP contribution in [0.1, 0.15) is 31.1 Å². The molecule has 0 bridgehead atoms. The molecular weight excluding hydrogens is 424 g/mol. The Morgan fingerprint density at radius 3 is 2.11 bits per heavy atom. The molecule has 0 spiro atoms. The van der Waals surface area contributed by atoms with Crippen LogP contribution in [0.4, 0.5) is 4.39 Å². The van der Waals surface area contributed by atoms with E-state index in [0.29, 0.717) is 5.88 Å². The second-order valence-electron chi connectivity index (χ2n) is 7.17. The van der Waals surface area contributed by atoms with E-state index in [0.717, 1.165) is 22.3 Å². The summed E-state index contributed by atoms with van der Waals surface area (Å²) in [5, 5.41) is 0. The summed E-state index contributed by atoms with van der Waals surface area (Å²) in [6.07, 6.45) is -0.608. The van der Waals surface area contributed by atoms with E-state index in [-0.39, 0.29) is 0 Å². The highest BCUT2D eigenvalue weighted by Gasteiger charge is 2.51. The van der Waals surface area contributed by atoms with Crippen molar-refractivity contribution in [3.63, 3.8) is 0 Å². The molecule has 0 aromatic heterocycles. The molecule has 3 rings (SSSR count). The molecule has 1 fully saturated rings. The van der Waals surface area contributed by atoms with Crippen LogP contribution in [0, 0.1) is 0 Å². The average Bonchev–Trinajstić information content (AvgIpc) is 2.97. The van der Waals surface area contributed by atoms with Crippen molar-refractivity contribution in [1.82, 2.24) is 4.90 Å². The van der Waals surface area contributed by atoms with Crippen molar-refractivity contribution in [2.24, 2.45) is 0 Å². The lowest BCUT2D eigenvalue weighted by Crippen LogP contribution is -2.50. The van der Waals surface area contributed by atoms with Crippen molar-refractivity contribution in [2.45, 2.75) is 42.4 Å². The Hall–Kier alpha value is -1.33. The number of halogens is 4. The molecule has 150 valence electrons. The molecule has 1 aliphatic heterocycles. The number of carbonyl (C=O) groups excluding carboxylic acids is 1. The Labute approximate surface area is 179 Å². The number of hydrogen-bond acceptors (Lipinski definition) is 2. The lowest BCUT2D eigenvalue weighted by atomic mass is 9.98. The molecule has 2 aromatic carbocycles. The van der Waals surface area contributed by atoms with Crippen molar-refractivity contribution in [1.29, 1.82) is 0 Å². The van der Waals surface area contributed by atoms with Gasteiger partial charge in [0.1, 0.15) is 18.5 Å². The minimum absolute atomic E-state index is 0.472. The first-order valence-corrected chi connectivity index (χ1v) is 10.3. The molecule has 0 aliphatic carbocycles. The lowest BCUT2D eigenvalue weighted by molar-refractivity contribution is -0.145. The highest BCUT2D eigenvalue weighted by atomic mass is 35.5. The van der Waals surface area contributed by atoms with Gasteiger partial charge in [-0.2, -0.15) is 0 Å². The van der Waals surface area contributed by atoms with Crippen molar-refractivity contribution in [3.8, 4) is 11.1 Å². The zero-order valence-corrected chi connectivity index (χ0v) is 17.8. The SMILES string of the molecule is CC1(C)OC(c2ccc(-c3ccc(CCl)cc3)cc2)C(CF)N1C(=O)C(Cl)Cl. The Morgan fingerprint density at radius 1 is 1.11 bits per heavy atom. The fourth-order valence-electron chi connectivity index (χ4n) is 3.61. The number of carbonyl (C=O) groups is 1. The van der Waals surface area contributed by atoms with Crippen LogP contribution in [0.25, 0.3) is 11.1 Å². The fraction of sp³-hybridized carbons (Fsp3) is 0.381. The molecule has 1 aliphatic rings. The van der Waals surface area contributed by atoms with Gasteiger partial charge >= 0.3 is 0 Å². The summed E-state index contributed by atoms with van der Waals surface area (Å²) in [4.78, 5) is 12.4. The van der Waals surface area contributed by atoms with Crippen LogP contribution in [-0.2, 0) is 15.4 Å². The predicted molar refractivity (Wildman–Crippen MR) is 111 cm³/mol. The van der Waals surface area contributed by atoms with Crippen LogP contribution in [0.2, 0.25) is 0 Å². The third-order valence-corrected chi connectivity index (χ3v) is 5.62. The smallest absolute Gasteiger partial charge is 0.258 e. The quantitative estimate of drug-likeness (QED) is 0.540. The van der Waals surface area contributed by atoms with Gasteiger partial charge < -0.3 is 9.64 Å². The maximum absolute atomic E-state index is 13.9. The van der Waals surface area contributed by atoms with E-state index in [2.05, 4.69) is 0 Å². The monoisotopic (exact) mass is 443 g/mol. The molecule has 1 heterocycles. The summed E-state index contributed by atoms with van der Waals surface area (Å²) in [6, 6.07) is 14.9. The van der Waals surface area contributed by atoms with Gasteiger partial charge in [-0.15, -0.1) is 11.6 Å². The average molecular weight is 445 g/mol. The number of hydrogen-bond donors (Lipinski definition) is 0. The summed E-state index contributed by atoms with van der Waals surface area (Å²) in [5.41, 5.74) is 2.90. The molecule has 1 amide bonds. The van der Waals surface area contributed by atoms with Crippen molar-refractivity contribution in [2.75, 3.05) is 6.67 Å². The molecule has 0 N–H and O–H groups in total. The van der Waals surface area contributed by atoms with Crippen LogP contribution in [0.15, 0.2) is 48.5 Å². The maximum atomic E-state index is 13.9. The highest BCUT2D eigenvalue weighted by molar-refractivity contribution is 6.53. The van der Waals surface area contributed by atoms with Gasteiger partial charge in [-0.25, -0.2) is 4.39 Å². The van der Waals surface area contributed by atoms with Crippen molar-refractivity contribution < 1.29 is 13.9 Å². The number of alkyl halides is 4. The topological polar surface area (TPSA) is 29.5 Å². The van der Waals surface area contributed by atoms with Gasteiger partial charge in [0.25, 0.3) is 5.91 Å². The summed E-state index contributed by atoms with van der Waals surface area (Å²) >= 11 is 17.3. The number of rotatable bonds is 5. The zero-order valence-electron chi connectivity index (χ0n) is 15.5. The number of benzene rings is 2. The van der Waals surface area contributed by atoms with E-state index in [1.807, 2.05) is 48.5 Å². The molecule has 28 heavy (non-hydrogen) atoms. The van der Waals surface area contributed by atoms with E-state index in [4.69, 9.17) is 39.5 Å². The van der Waals surface area contributed by atoms with Crippen molar-refractivity contribution in [3.05, 3.63) is 59.7 Å². The van der Waals surface area contributed by atoms with Gasteiger partial charge in [-0.3, -0.25) is 4.79 Å². The lowest BCUT2D eigenvalue weighted by Gasteiger charge is -2.33. The molecule has 3 nitrogen and oxygen atoms in total. The molecule has 2 unspecified atom stereocenters. The van der Waals surface area contributed by atoms with Crippen molar-refractivity contribution >= 4 is 40.7 Å². The normalized spacial score (nSPS) is 21.3. The largest absolute Gasteiger partial charge is 0.346 e. The van der Waals surface area contributed by atoms with E-state index in [1.54, 1.807) is 13.8 Å². The van der Waals surface area contributed by atoms with E-state index < -0.39 is 35.3 Å². The van der Waals surface area contributed by atoms with Crippen LogP contribution in [0.3, 0.4) is 0 Å². The van der Waals surface area contributed by atoms with Gasteiger partial charge in [-0.1, -0.05) is 71.7 Å². The van der Waals surface area contributed by atoms with Gasteiger partial charge in [-0.05, 0) is 36.1 Å². The van der Waals surface area contributed by atoms with Crippen LogP contribution < -0.4 is 0 Å². The third kappa shape index (κ3) is 4.16. The van der Waals surface area contributed by atoms with E-state index >= 15 is 0 Å². The first-order valence-electron chi connectivity index (χ1n) is 8.89. The molecule has 1 saturated heterocycles. The summed E-state index contributed by atoms with van der Waals surface area (Å²) in [5.74, 6) is -0.0891. The fourth-order valence-corrected chi connectivity index (χ4v) is 3.99. The Bertz CT molecular complexity index is 825. The zero-order chi connectivity index (χ0) is 20.5. The molecule has 2 atom stereocenters. The Kier molecular flexibility index (Phi) is 6.55. The molecule has 0 saturated carbocycles. The molecule has 7 heteroatoms. The Balaban J connectivity index is 1.87. The van der Waals surface area contributed by atoms with E-state index in [9.17, 15) is 9.18 Å². The predicted octanol–water partition coefficient (Wildman–Crippen LogP) is 5.87. The number of amides is 1. The molecular formula is C21H21Cl3FNO2. The first-order chi connectivity index (χ1) is 13.3. The summed E-state index contributed by atoms with van der Waals surface area (Å²) < 4.78 is 19.9. The second kappa shape index (κ2) is 8.58. The van der Waals surface area contributed by atoms with Gasteiger partial charge in [0.2, 0.25) is 0 Å². The van der Waals surface area contributed by atoms with Gasteiger partial charge in [0.15, 0.2) is 4.84 Å². The summed E-state index contributed by atoms with van der Waals surface area (Å²) in [6.45, 7) is 2.65. The van der Waals surface area contributed by atoms with Crippen LogP contribution >= 0.6 is 34.8 Å².